The highest BCUT2D eigenvalue weighted by molar-refractivity contribution is 7.89. The zero-order chi connectivity index (χ0) is 9.78. The van der Waals surface area contributed by atoms with Crippen molar-refractivity contribution < 1.29 is 8.42 Å². The van der Waals surface area contributed by atoms with Gasteiger partial charge < -0.3 is 5.73 Å². The standard InChI is InChI=1S/C7H18N2O2S/c1-4-5-9(3)12(10,11)6-7(2)8/h7H,4-6,8H2,1-3H3. The van der Waals surface area contributed by atoms with Crippen molar-refractivity contribution in [1.82, 2.24) is 4.31 Å². The lowest BCUT2D eigenvalue weighted by molar-refractivity contribution is 0.465. The third kappa shape index (κ3) is 4.04. The summed E-state index contributed by atoms with van der Waals surface area (Å²) in [6.07, 6.45) is 0.828. The molecule has 0 saturated carbocycles. The molecule has 0 aliphatic heterocycles. The molecule has 0 aliphatic carbocycles. The smallest absolute Gasteiger partial charge is 0.215 e. The quantitative estimate of drug-likeness (QED) is 0.670. The number of hydrogen-bond donors (Lipinski definition) is 1. The van der Waals surface area contributed by atoms with Crippen molar-refractivity contribution in [2.75, 3.05) is 19.3 Å². The molecule has 0 aromatic carbocycles. The first-order chi connectivity index (χ1) is 5.40. The third-order valence-corrected chi connectivity index (χ3v) is 3.57. The van der Waals surface area contributed by atoms with E-state index in [0.717, 1.165) is 6.42 Å². The molecule has 12 heavy (non-hydrogen) atoms. The Bertz CT molecular complexity index is 211. The van der Waals surface area contributed by atoms with Gasteiger partial charge in [0.1, 0.15) is 0 Å². The number of nitrogens with zero attached hydrogens (tertiary/aromatic N) is 1. The van der Waals surface area contributed by atoms with Gasteiger partial charge in [-0.15, -0.1) is 0 Å². The summed E-state index contributed by atoms with van der Waals surface area (Å²) in [4.78, 5) is 0. The first-order valence-electron chi connectivity index (χ1n) is 4.09. The summed E-state index contributed by atoms with van der Waals surface area (Å²) in [5.41, 5.74) is 5.41. The molecule has 5 heteroatoms. The summed E-state index contributed by atoms with van der Waals surface area (Å²) >= 11 is 0. The first-order valence-corrected chi connectivity index (χ1v) is 5.70. The van der Waals surface area contributed by atoms with Gasteiger partial charge in [0.15, 0.2) is 0 Å². The maximum atomic E-state index is 11.4. The lowest BCUT2D eigenvalue weighted by atomic mass is 10.4. The van der Waals surface area contributed by atoms with E-state index in [1.807, 2.05) is 6.92 Å². The molecular weight excluding hydrogens is 176 g/mol. The Morgan fingerprint density at radius 3 is 2.33 bits per heavy atom. The monoisotopic (exact) mass is 194 g/mol. The highest BCUT2D eigenvalue weighted by atomic mass is 32.2. The minimum atomic E-state index is -3.11. The van der Waals surface area contributed by atoms with Crippen LogP contribution in [0.25, 0.3) is 0 Å². The average molecular weight is 194 g/mol. The summed E-state index contributed by atoms with van der Waals surface area (Å²) in [5, 5.41) is 0. The molecule has 0 bridgehead atoms. The molecule has 0 spiro atoms. The molecule has 0 saturated heterocycles. The molecular formula is C7H18N2O2S. The first kappa shape index (κ1) is 11.9. The molecule has 2 N–H and O–H groups in total. The highest BCUT2D eigenvalue weighted by Gasteiger charge is 2.18. The second-order valence-electron chi connectivity index (χ2n) is 3.08. The Morgan fingerprint density at radius 1 is 1.50 bits per heavy atom. The highest BCUT2D eigenvalue weighted by Crippen LogP contribution is 2.00. The summed E-state index contributed by atoms with van der Waals surface area (Å²) in [7, 11) is -1.53. The summed E-state index contributed by atoms with van der Waals surface area (Å²) in [6.45, 7) is 4.20. The van der Waals surface area contributed by atoms with Crippen LogP contribution in [0, 0.1) is 0 Å². The van der Waals surface area contributed by atoms with Gasteiger partial charge in [-0.2, -0.15) is 0 Å². The van der Waals surface area contributed by atoms with Crippen LogP contribution in [-0.4, -0.2) is 38.1 Å². The molecule has 1 unspecified atom stereocenters. The number of hydrogen-bond acceptors (Lipinski definition) is 3. The van der Waals surface area contributed by atoms with Crippen LogP contribution < -0.4 is 5.73 Å². The second kappa shape index (κ2) is 4.79. The van der Waals surface area contributed by atoms with E-state index in [1.54, 1.807) is 14.0 Å². The fraction of sp³-hybridized carbons (Fsp3) is 1.00. The predicted octanol–water partition coefficient (Wildman–Crippen LogP) is 0.00520. The molecule has 0 heterocycles. The van der Waals surface area contributed by atoms with Crippen molar-refractivity contribution in [3.8, 4) is 0 Å². The van der Waals surface area contributed by atoms with Gasteiger partial charge in [-0.25, -0.2) is 12.7 Å². The van der Waals surface area contributed by atoms with Crippen molar-refractivity contribution >= 4 is 10.0 Å². The number of rotatable bonds is 5. The normalized spacial score (nSPS) is 15.1. The molecule has 0 rings (SSSR count). The molecule has 0 aliphatic rings. The van der Waals surface area contributed by atoms with E-state index in [4.69, 9.17) is 5.73 Å². The molecule has 0 amide bonds. The number of sulfonamides is 1. The van der Waals surface area contributed by atoms with Crippen LogP contribution >= 0.6 is 0 Å². The van der Waals surface area contributed by atoms with Crippen molar-refractivity contribution in [2.24, 2.45) is 5.73 Å². The second-order valence-corrected chi connectivity index (χ2v) is 5.20. The lowest BCUT2D eigenvalue weighted by Crippen LogP contribution is -2.36. The fourth-order valence-corrected chi connectivity index (χ4v) is 2.29. The third-order valence-electron chi connectivity index (χ3n) is 1.49. The lowest BCUT2D eigenvalue weighted by Gasteiger charge is -2.17. The van der Waals surface area contributed by atoms with Crippen LogP contribution in [0.1, 0.15) is 20.3 Å². The molecule has 74 valence electrons. The maximum Gasteiger partial charge on any atom is 0.215 e. The fourth-order valence-electron chi connectivity index (χ4n) is 0.913. The van der Waals surface area contributed by atoms with Gasteiger partial charge in [0.05, 0.1) is 5.75 Å². The van der Waals surface area contributed by atoms with Crippen molar-refractivity contribution in [3.63, 3.8) is 0 Å². The summed E-state index contributed by atoms with van der Waals surface area (Å²) in [6, 6.07) is -0.297. The zero-order valence-corrected chi connectivity index (χ0v) is 8.76. The van der Waals surface area contributed by atoms with Crippen LogP contribution in [-0.2, 0) is 10.0 Å². The molecule has 0 radical (unpaired) electrons. The van der Waals surface area contributed by atoms with Gasteiger partial charge in [0.2, 0.25) is 10.0 Å². The van der Waals surface area contributed by atoms with Gasteiger partial charge >= 0.3 is 0 Å². The van der Waals surface area contributed by atoms with E-state index in [-0.39, 0.29) is 11.8 Å². The van der Waals surface area contributed by atoms with Crippen molar-refractivity contribution in [2.45, 2.75) is 26.3 Å². The van der Waals surface area contributed by atoms with E-state index in [0.29, 0.717) is 6.54 Å². The van der Waals surface area contributed by atoms with Crippen molar-refractivity contribution in [3.05, 3.63) is 0 Å². The largest absolute Gasteiger partial charge is 0.327 e. The van der Waals surface area contributed by atoms with Crippen LogP contribution in [0.2, 0.25) is 0 Å². The van der Waals surface area contributed by atoms with Crippen molar-refractivity contribution in [1.29, 1.82) is 0 Å². The SMILES string of the molecule is CCCN(C)S(=O)(=O)CC(C)N. The molecule has 0 aromatic heterocycles. The van der Waals surface area contributed by atoms with Gasteiger partial charge in [-0.1, -0.05) is 6.92 Å². The van der Waals surface area contributed by atoms with Crippen LogP contribution in [0.5, 0.6) is 0 Å². The van der Waals surface area contributed by atoms with Gasteiger partial charge in [-0.3, -0.25) is 0 Å². The summed E-state index contributed by atoms with van der Waals surface area (Å²) in [5.74, 6) is 0.0312. The van der Waals surface area contributed by atoms with E-state index in [2.05, 4.69) is 0 Å². The Kier molecular flexibility index (Phi) is 4.74. The van der Waals surface area contributed by atoms with E-state index < -0.39 is 10.0 Å². The summed E-state index contributed by atoms with van der Waals surface area (Å²) < 4.78 is 24.1. The zero-order valence-electron chi connectivity index (χ0n) is 7.95. The topological polar surface area (TPSA) is 63.4 Å². The molecule has 4 nitrogen and oxygen atoms in total. The van der Waals surface area contributed by atoms with Gasteiger partial charge in [0, 0.05) is 19.6 Å². The van der Waals surface area contributed by atoms with Crippen LogP contribution in [0.3, 0.4) is 0 Å². The van der Waals surface area contributed by atoms with Gasteiger partial charge in [0.25, 0.3) is 0 Å². The average Bonchev–Trinajstić information content (AvgIpc) is 1.85. The Hall–Kier alpha value is -0.130. The Morgan fingerprint density at radius 2 is 2.00 bits per heavy atom. The molecule has 0 fully saturated rings. The maximum absolute atomic E-state index is 11.4. The van der Waals surface area contributed by atoms with Crippen LogP contribution in [0.4, 0.5) is 0 Å². The number of nitrogens with two attached hydrogens (primary N) is 1. The molecule has 1 atom stereocenters. The minimum absolute atomic E-state index is 0.0312. The minimum Gasteiger partial charge on any atom is -0.327 e. The Labute approximate surface area is 74.8 Å². The molecule has 0 aromatic rings. The van der Waals surface area contributed by atoms with E-state index in [1.165, 1.54) is 4.31 Å². The van der Waals surface area contributed by atoms with Crippen LogP contribution in [0.15, 0.2) is 0 Å². The van der Waals surface area contributed by atoms with Gasteiger partial charge in [-0.05, 0) is 13.3 Å². The Balaban J connectivity index is 4.20. The predicted molar refractivity (Wildman–Crippen MR) is 50.4 cm³/mol. The van der Waals surface area contributed by atoms with E-state index in [9.17, 15) is 8.42 Å². The van der Waals surface area contributed by atoms with E-state index >= 15 is 0 Å².